The van der Waals surface area contributed by atoms with E-state index in [0.29, 0.717) is 5.69 Å². The fourth-order valence-corrected chi connectivity index (χ4v) is 1.42. The summed E-state index contributed by atoms with van der Waals surface area (Å²) in [6.07, 6.45) is 0.988. The van der Waals surface area contributed by atoms with Crippen LogP contribution in [0.1, 0.15) is 6.92 Å². The van der Waals surface area contributed by atoms with Crippen molar-refractivity contribution in [1.29, 1.82) is 0 Å². The van der Waals surface area contributed by atoms with Crippen molar-refractivity contribution in [2.45, 2.75) is 12.2 Å². The molecule has 6 heteroatoms. The molecule has 1 rings (SSSR count). The van der Waals surface area contributed by atoms with Gasteiger partial charge in [0, 0.05) is 11.9 Å². The van der Waals surface area contributed by atoms with Gasteiger partial charge in [0.05, 0.1) is 0 Å². The van der Waals surface area contributed by atoms with Gasteiger partial charge in [-0.05, 0) is 31.2 Å². The van der Waals surface area contributed by atoms with Crippen LogP contribution in [-0.4, -0.2) is 25.8 Å². The Bertz CT molecular complexity index is 481. The maximum absolute atomic E-state index is 12.6. The van der Waals surface area contributed by atoms with Crippen LogP contribution in [0.2, 0.25) is 0 Å². The van der Waals surface area contributed by atoms with Gasteiger partial charge < -0.3 is 5.32 Å². The molecular weight excluding hydrogens is 233 g/mol. The van der Waals surface area contributed by atoms with Crippen LogP contribution in [0, 0.1) is 5.82 Å². The van der Waals surface area contributed by atoms with E-state index >= 15 is 0 Å². The molecular formula is C10H12FNO3S. The Morgan fingerprint density at radius 2 is 1.81 bits per heavy atom. The Morgan fingerprint density at radius 1 is 1.31 bits per heavy atom. The average molecular weight is 245 g/mol. The van der Waals surface area contributed by atoms with Crippen molar-refractivity contribution in [1.82, 2.24) is 0 Å². The molecule has 1 atom stereocenters. The van der Waals surface area contributed by atoms with Crippen LogP contribution in [-0.2, 0) is 14.6 Å². The molecule has 0 fully saturated rings. The minimum Gasteiger partial charge on any atom is -0.325 e. The molecule has 0 saturated heterocycles. The number of anilines is 1. The molecule has 0 heterocycles. The molecule has 16 heavy (non-hydrogen) atoms. The largest absolute Gasteiger partial charge is 0.325 e. The minimum atomic E-state index is -3.42. The van der Waals surface area contributed by atoms with Gasteiger partial charge in [0.1, 0.15) is 11.1 Å². The normalized spacial score (nSPS) is 13.2. The lowest BCUT2D eigenvalue weighted by Crippen LogP contribution is -2.31. The van der Waals surface area contributed by atoms with Crippen molar-refractivity contribution in [3.05, 3.63) is 30.1 Å². The van der Waals surface area contributed by atoms with Crippen molar-refractivity contribution in [2.75, 3.05) is 11.6 Å². The summed E-state index contributed by atoms with van der Waals surface area (Å²) in [7, 11) is -3.42. The van der Waals surface area contributed by atoms with Crippen molar-refractivity contribution in [2.24, 2.45) is 0 Å². The number of rotatable bonds is 3. The summed E-state index contributed by atoms with van der Waals surface area (Å²) in [6, 6.07) is 5.09. The minimum absolute atomic E-state index is 0.363. The van der Waals surface area contributed by atoms with E-state index in [1.54, 1.807) is 0 Å². The maximum atomic E-state index is 12.6. The van der Waals surface area contributed by atoms with E-state index in [1.807, 2.05) is 0 Å². The molecule has 1 amide bonds. The molecule has 0 radical (unpaired) electrons. The summed E-state index contributed by atoms with van der Waals surface area (Å²) in [5, 5.41) is 1.26. The fraction of sp³-hybridized carbons (Fsp3) is 0.300. The quantitative estimate of drug-likeness (QED) is 0.870. The first kappa shape index (κ1) is 12.6. The van der Waals surface area contributed by atoms with E-state index in [9.17, 15) is 17.6 Å². The van der Waals surface area contributed by atoms with Crippen LogP contribution in [0.3, 0.4) is 0 Å². The molecule has 1 aromatic carbocycles. The number of carbonyl (C=O) groups excluding carboxylic acids is 1. The third-order valence-electron chi connectivity index (χ3n) is 2.12. The predicted octanol–water partition coefficient (Wildman–Crippen LogP) is 1.20. The number of hydrogen-bond acceptors (Lipinski definition) is 3. The van der Waals surface area contributed by atoms with Gasteiger partial charge in [-0.1, -0.05) is 0 Å². The SMILES string of the molecule is C[C@@H](C(=O)Nc1ccc(F)cc1)S(C)(=O)=O. The average Bonchev–Trinajstić information content (AvgIpc) is 2.19. The summed E-state index contributed by atoms with van der Waals surface area (Å²) in [6.45, 7) is 1.30. The number of sulfone groups is 1. The number of amides is 1. The van der Waals surface area contributed by atoms with E-state index in [-0.39, 0.29) is 0 Å². The van der Waals surface area contributed by atoms with Crippen molar-refractivity contribution in [3.8, 4) is 0 Å². The molecule has 88 valence electrons. The van der Waals surface area contributed by atoms with Crippen LogP contribution in [0.4, 0.5) is 10.1 Å². The molecule has 0 bridgehead atoms. The molecule has 0 aliphatic rings. The highest BCUT2D eigenvalue weighted by atomic mass is 32.2. The van der Waals surface area contributed by atoms with Crippen LogP contribution in [0.5, 0.6) is 0 Å². The van der Waals surface area contributed by atoms with Gasteiger partial charge in [-0.3, -0.25) is 4.79 Å². The summed E-state index contributed by atoms with van der Waals surface area (Å²) >= 11 is 0. The summed E-state index contributed by atoms with van der Waals surface area (Å²) in [5.41, 5.74) is 0.363. The highest BCUT2D eigenvalue weighted by molar-refractivity contribution is 7.92. The summed E-state index contributed by atoms with van der Waals surface area (Å²) < 4.78 is 34.8. The number of benzene rings is 1. The zero-order valence-electron chi connectivity index (χ0n) is 8.90. The molecule has 1 N–H and O–H groups in total. The van der Waals surface area contributed by atoms with Gasteiger partial charge in [0.2, 0.25) is 5.91 Å². The smallest absolute Gasteiger partial charge is 0.242 e. The fourth-order valence-electron chi connectivity index (χ4n) is 0.972. The summed E-state index contributed by atoms with van der Waals surface area (Å²) in [4.78, 5) is 11.5. The van der Waals surface area contributed by atoms with E-state index in [0.717, 1.165) is 6.26 Å². The highest BCUT2D eigenvalue weighted by Gasteiger charge is 2.23. The lowest BCUT2D eigenvalue weighted by atomic mass is 10.3. The van der Waals surface area contributed by atoms with Crippen molar-refractivity contribution >= 4 is 21.4 Å². The Hall–Kier alpha value is -1.43. The highest BCUT2D eigenvalue weighted by Crippen LogP contribution is 2.10. The Kier molecular flexibility index (Phi) is 3.64. The second kappa shape index (κ2) is 4.61. The van der Waals surface area contributed by atoms with Crippen LogP contribution < -0.4 is 5.32 Å². The van der Waals surface area contributed by atoms with Crippen molar-refractivity contribution in [3.63, 3.8) is 0 Å². The van der Waals surface area contributed by atoms with Gasteiger partial charge in [-0.2, -0.15) is 0 Å². The van der Waals surface area contributed by atoms with Gasteiger partial charge in [0.15, 0.2) is 9.84 Å². The third kappa shape index (κ3) is 3.30. The van der Waals surface area contributed by atoms with Crippen molar-refractivity contribution < 1.29 is 17.6 Å². The number of hydrogen-bond donors (Lipinski definition) is 1. The van der Waals surface area contributed by atoms with Gasteiger partial charge >= 0.3 is 0 Å². The molecule has 0 aliphatic carbocycles. The lowest BCUT2D eigenvalue weighted by Gasteiger charge is -2.10. The predicted molar refractivity (Wildman–Crippen MR) is 59.3 cm³/mol. The number of nitrogens with one attached hydrogen (secondary N) is 1. The zero-order valence-corrected chi connectivity index (χ0v) is 9.71. The Morgan fingerprint density at radius 3 is 2.25 bits per heavy atom. The van der Waals surface area contributed by atoms with E-state index < -0.39 is 26.8 Å². The standard InChI is InChI=1S/C10H12FNO3S/c1-7(16(2,14)15)10(13)12-9-5-3-8(11)4-6-9/h3-7H,1-2H3,(H,12,13)/t7-/m0/s1. The van der Waals surface area contributed by atoms with E-state index in [1.165, 1.54) is 31.2 Å². The monoisotopic (exact) mass is 245 g/mol. The van der Waals surface area contributed by atoms with Crippen LogP contribution >= 0.6 is 0 Å². The van der Waals surface area contributed by atoms with E-state index in [2.05, 4.69) is 5.32 Å². The second-order valence-corrected chi connectivity index (χ2v) is 5.83. The molecule has 4 nitrogen and oxygen atoms in total. The third-order valence-corrected chi connectivity index (χ3v) is 3.62. The Balaban J connectivity index is 2.76. The van der Waals surface area contributed by atoms with Crippen LogP contribution in [0.25, 0.3) is 0 Å². The molecule has 0 aromatic heterocycles. The molecule has 1 aromatic rings. The Labute approximate surface area is 93.4 Å². The van der Waals surface area contributed by atoms with Gasteiger partial charge in [-0.15, -0.1) is 0 Å². The first-order valence-electron chi connectivity index (χ1n) is 4.56. The van der Waals surface area contributed by atoms with Crippen LogP contribution in [0.15, 0.2) is 24.3 Å². The second-order valence-electron chi connectivity index (χ2n) is 3.47. The molecule has 0 saturated carbocycles. The summed E-state index contributed by atoms with van der Waals surface area (Å²) in [5.74, 6) is -1.05. The maximum Gasteiger partial charge on any atom is 0.242 e. The first-order valence-corrected chi connectivity index (χ1v) is 6.51. The molecule has 0 spiro atoms. The van der Waals surface area contributed by atoms with Gasteiger partial charge in [0.25, 0.3) is 0 Å². The molecule has 0 unspecified atom stereocenters. The number of halogens is 1. The lowest BCUT2D eigenvalue weighted by molar-refractivity contribution is -0.115. The van der Waals surface area contributed by atoms with Gasteiger partial charge in [-0.25, -0.2) is 12.8 Å². The zero-order chi connectivity index (χ0) is 12.3. The number of carbonyl (C=O) groups is 1. The van der Waals surface area contributed by atoms with E-state index in [4.69, 9.17) is 0 Å². The first-order chi connectivity index (χ1) is 7.30. The molecule has 0 aliphatic heterocycles. The topological polar surface area (TPSA) is 63.2 Å².